The summed E-state index contributed by atoms with van der Waals surface area (Å²) in [4.78, 5) is 35.6. The van der Waals surface area contributed by atoms with Crippen molar-refractivity contribution < 1.29 is 19.2 Å². The van der Waals surface area contributed by atoms with Gasteiger partial charge in [0.15, 0.2) is 6.61 Å². The van der Waals surface area contributed by atoms with Crippen molar-refractivity contribution in [3.8, 4) is 0 Å². The van der Waals surface area contributed by atoms with E-state index in [1.54, 1.807) is 4.90 Å². The van der Waals surface area contributed by atoms with E-state index in [1.165, 1.54) is 6.42 Å². The molecule has 0 aliphatic heterocycles. The summed E-state index contributed by atoms with van der Waals surface area (Å²) >= 11 is 0. The Morgan fingerprint density at radius 1 is 1.29 bits per heavy atom. The molecule has 0 aromatic heterocycles. The Bertz CT molecular complexity index is 420. The third-order valence-electron chi connectivity index (χ3n) is 4.34. The lowest BCUT2D eigenvalue weighted by Crippen LogP contribution is -2.43. The van der Waals surface area contributed by atoms with Crippen LogP contribution in [0.5, 0.6) is 0 Å². The number of carbonyl (C=O) groups excluding carboxylic acids is 2. The van der Waals surface area contributed by atoms with Gasteiger partial charge in [0.25, 0.3) is 5.91 Å². The average Bonchev–Trinajstić information content (AvgIpc) is 3.27. The van der Waals surface area contributed by atoms with E-state index in [-0.39, 0.29) is 25.0 Å². The highest BCUT2D eigenvalue weighted by atomic mass is 16.6. The minimum atomic E-state index is -0.826. The largest absolute Gasteiger partial charge is 0.455 e. The Balaban J connectivity index is 1.77. The molecule has 0 N–H and O–H groups in total. The molecule has 2 rings (SSSR count). The molecule has 1 amide bonds. The van der Waals surface area contributed by atoms with Crippen molar-refractivity contribution in [3.05, 3.63) is 10.1 Å². The fourth-order valence-electron chi connectivity index (χ4n) is 3.02. The second kappa shape index (κ2) is 6.87. The number of rotatable bonds is 6. The van der Waals surface area contributed by atoms with Gasteiger partial charge in [0, 0.05) is 23.9 Å². The van der Waals surface area contributed by atoms with Crippen molar-refractivity contribution >= 4 is 11.9 Å². The molecule has 118 valence electrons. The molecule has 0 bridgehead atoms. The zero-order valence-corrected chi connectivity index (χ0v) is 12.3. The summed E-state index contributed by atoms with van der Waals surface area (Å²) in [6.07, 6.45) is 5.68. The van der Waals surface area contributed by atoms with Gasteiger partial charge in [-0.15, -0.1) is 0 Å². The molecule has 0 aromatic rings. The Labute approximate surface area is 123 Å². The van der Waals surface area contributed by atoms with Gasteiger partial charge in [-0.3, -0.25) is 19.7 Å². The van der Waals surface area contributed by atoms with E-state index in [9.17, 15) is 19.7 Å². The fraction of sp³-hybridized carbons (Fsp3) is 0.857. The average molecular weight is 298 g/mol. The van der Waals surface area contributed by atoms with E-state index in [2.05, 4.69) is 0 Å². The molecular weight excluding hydrogens is 276 g/mol. The van der Waals surface area contributed by atoms with E-state index in [0.717, 1.165) is 25.7 Å². The van der Waals surface area contributed by atoms with Crippen LogP contribution in [0.3, 0.4) is 0 Å². The van der Waals surface area contributed by atoms with Crippen LogP contribution in [0.4, 0.5) is 0 Å². The van der Waals surface area contributed by atoms with Crippen LogP contribution in [0, 0.1) is 16.0 Å². The molecule has 2 saturated carbocycles. The first-order chi connectivity index (χ1) is 10.0. The van der Waals surface area contributed by atoms with Crippen molar-refractivity contribution in [2.24, 2.45) is 5.92 Å². The zero-order chi connectivity index (χ0) is 15.4. The zero-order valence-electron chi connectivity index (χ0n) is 12.3. The first-order valence-electron chi connectivity index (χ1n) is 7.64. The summed E-state index contributed by atoms with van der Waals surface area (Å²) in [5, 5.41) is 10.5. The van der Waals surface area contributed by atoms with Gasteiger partial charge in [-0.25, -0.2) is 0 Å². The Kier molecular flexibility index (Phi) is 5.14. The normalized spacial score (nSPS) is 25.2. The number of nitrogens with zero attached hydrogens (tertiary/aromatic N) is 2. The van der Waals surface area contributed by atoms with Crippen LogP contribution in [0.25, 0.3) is 0 Å². The van der Waals surface area contributed by atoms with Crippen LogP contribution >= 0.6 is 0 Å². The maximum absolute atomic E-state index is 12.2. The summed E-state index contributed by atoms with van der Waals surface area (Å²) in [6.45, 7) is 2.21. The number of ether oxygens (including phenoxy) is 1. The van der Waals surface area contributed by atoms with Crippen molar-refractivity contribution in [2.45, 2.75) is 57.5 Å². The van der Waals surface area contributed by atoms with Crippen LogP contribution in [0.1, 0.15) is 45.4 Å². The number of carbonyl (C=O) groups is 2. The Morgan fingerprint density at radius 2 is 1.95 bits per heavy atom. The maximum atomic E-state index is 12.2. The molecule has 2 aliphatic rings. The molecule has 2 atom stereocenters. The van der Waals surface area contributed by atoms with Crippen molar-refractivity contribution in [1.82, 2.24) is 4.90 Å². The van der Waals surface area contributed by atoms with Crippen molar-refractivity contribution in [1.29, 1.82) is 0 Å². The van der Waals surface area contributed by atoms with Gasteiger partial charge in [-0.05, 0) is 19.8 Å². The number of nitro groups is 1. The number of esters is 1. The van der Waals surface area contributed by atoms with Gasteiger partial charge in [0.2, 0.25) is 6.04 Å². The van der Waals surface area contributed by atoms with E-state index >= 15 is 0 Å². The van der Waals surface area contributed by atoms with Gasteiger partial charge < -0.3 is 9.64 Å². The number of amides is 1. The highest BCUT2D eigenvalue weighted by Gasteiger charge is 2.54. The van der Waals surface area contributed by atoms with Gasteiger partial charge in [0.05, 0.1) is 0 Å². The molecule has 0 spiro atoms. The Morgan fingerprint density at radius 3 is 2.48 bits per heavy atom. The quantitative estimate of drug-likeness (QED) is 0.420. The minimum Gasteiger partial charge on any atom is -0.455 e. The maximum Gasteiger partial charge on any atom is 0.316 e. The Hall–Kier alpha value is -1.66. The van der Waals surface area contributed by atoms with E-state index in [1.807, 2.05) is 6.92 Å². The highest BCUT2D eigenvalue weighted by molar-refractivity contribution is 5.82. The van der Waals surface area contributed by atoms with Gasteiger partial charge in [-0.2, -0.15) is 0 Å². The molecule has 7 nitrogen and oxygen atoms in total. The SMILES string of the molecule is CCN(C(=O)COC(=O)C1CC1[N+](=O)[O-])C1CCCCC1. The molecule has 2 unspecified atom stereocenters. The molecule has 0 radical (unpaired) electrons. The van der Waals surface area contributed by atoms with Crippen LogP contribution in [-0.4, -0.2) is 46.9 Å². The highest BCUT2D eigenvalue weighted by Crippen LogP contribution is 2.34. The van der Waals surface area contributed by atoms with Crippen LogP contribution in [0.15, 0.2) is 0 Å². The lowest BCUT2D eigenvalue weighted by molar-refractivity contribution is -0.497. The standard InChI is InChI=1S/C14H22N2O5/c1-2-15(10-6-4-3-5-7-10)13(17)9-21-14(18)11-8-12(11)16(19)20/h10-12H,2-9H2,1H3. The smallest absolute Gasteiger partial charge is 0.316 e. The van der Waals surface area contributed by atoms with E-state index in [4.69, 9.17) is 4.74 Å². The van der Waals surface area contributed by atoms with Crippen LogP contribution in [-0.2, 0) is 14.3 Å². The second-order valence-electron chi connectivity index (χ2n) is 5.77. The van der Waals surface area contributed by atoms with Crippen molar-refractivity contribution in [3.63, 3.8) is 0 Å². The lowest BCUT2D eigenvalue weighted by Gasteiger charge is -2.33. The first-order valence-corrected chi connectivity index (χ1v) is 7.64. The van der Waals surface area contributed by atoms with Gasteiger partial charge in [0.1, 0.15) is 5.92 Å². The van der Waals surface area contributed by atoms with E-state index < -0.39 is 22.9 Å². The number of likely N-dealkylation sites (N-methyl/N-ethyl adjacent to an activating group) is 1. The first kappa shape index (κ1) is 15.7. The van der Waals surface area contributed by atoms with E-state index in [0.29, 0.717) is 6.54 Å². The second-order valence-corrected chi connectivity index (χ2v) is 5.77. The lowest BCUT2D eigenvalue weighted by atomic mass is 9.94. The van der Waals surface area contributed by atoms with Crippen LogP contribution in [0.2, 0.25) is 0 Å². The third kappa shape index (κ3) is 3.92. The van der Waals surface area contributed by atoms with Crippen LogP contribution < -0.4 is 0 Å². The molecule has 2 aliphatic carbocycles. The predicted molar refractivity (Wildman–Crippen MR) is 74.1 cm³/mol. The molecule has 0 heterocycles. The topological polar surface area (TPSA) is 89.8 Å². The summed E-state index contributed by atoms with van der Waals surface area (Å²) in [6, 6.07) is -0.587. The summed E-state index contributed by atoms with van der Waals surface area (Å²) in [5.74, 6) is -1.49. The van der Waals surface area contributed by atoms with Gasteiger partial charge >= 0.3 is 5.97 Å². The number of hydrogen-bond donors (Lipinski definition) is 0. The molecular formula is C14H22N2O5. The third-order valence-corrected chi connectivity index (χ3v) is 4.34. The monoisotopic (exact) mass is 298 g/mol. The molecule has 0 saturated heterocycles. The predicted octanol–water partition coefficient (Wildman–Crippen LogP) is 1.38. The molecule has 21 heavy (non-hydrogen) atoms. The van der Waals surface area contributed by atoms with Gasteiger partial charge in [-0.1, -0.05) is 19.3 Å². The molecule has 7 heteroatoms. The number of hydrogen-bond acceptors (Lipinski definition) is 5. The summed E-state index contributed by atoms with van der Waals surface area (Å²) < 4.78 is 4.95. The fourth-order valence-corrected chi connectivity index (χ4v) is 3.02. The molecule has 2 fully saturated rings. The minimum absolute atomic E-state index is 0.198. The summed E-state index contributed by atoms with van der Waals surface area (Å²) in [7, 11) is 0. The molecule has 0 aromatic carbocycles. The van der Waals surface area contributed by atoms with Crippen molar-refractivity contribution in [2.75, 3.05) is 13.2 Å². The summed E-state index contributed by atoms with van der Waals surface area (Å²) in [5.41, 5.74) is 0.